The van der Waals surface area contributed by atoms with Gasteiger partial charge >= 0.3 is 0 Å². The van der Waals surface area contributed by atoms with Crippen molar-refractivity contribution in [1.82, 2.24) is 9.97 Å². The van der Waals surface area contributed by atoms with Crippen LogP contribution in [0.3, 0.4) is 0 Å². The van der Waals surface area contributed by atoms with Crippen molar-refractivity contribution in [2.45, 2.75) is 13.8 Å². The summed E-state index contributed by atoms with van der Waals surface area (Å²) in [5.41, 5.74) is 2.46. The molecule has 3 rings (SSSR count). The molecule has 1 aromatic heterocycles. The number of nitrogens with zero attached hydrogens (tertiary/aromatic N) is 2. The molecule has 3 aromatic rings. The quantitative estimate of drug-likeness (QED) is 0.368. The zero-order valence-electron chi connectivity index (χ0n) is 18.1. The molecule has 7 nitrogen and oxygen atoms in total. The van der Waals surface area contributed by atoms with Crippen molar-refractivity contribution in [2.75, 3.05) is 45.5 Å². The first-order valence-corrected chi connectivity index (χ1v) is 10.2. The molecule has 31 heavy (non-hydrogen) atoms. The van der Waals surface area contributed by atoms with Crippen LogP contribution >= 0.6 is 0 Å². The first kappa shape index (κ1) is 22.3. The van der Waals surface area contributed by atoms with Crippen LogP contribution in [0.5, 0.6) is 11.5 Å². The first-order chi connectivity index (χ1) is 15.2. The van der Waals surface area contributed by atoms with E-state index in [1.807, 2.05) is 43.3 Å². The zero-order chi connectivity index (χ0) is 21.9. The minimum Gasteiger partial charge on any atom is -0.491 e. The molecule has 2 aromatic carbocycles. The average molecular weight is 421 g/mol. The second-order valence-corrected chi connectivity index (χ2v) is 6.53. The van der Waals surface area contributed by atoms with E-state index in [9.17, 15) is 0 Å². The summed E-state index contributed by atoms with van der Waals surface area (Å²) in [6, 6.07) is 11.5. The van der Waals surface area contributed by atoms with Crippen LogP contribution in [-0.4, -0.2) is 50.1 Å². The summed E-state index contributed by atoms with van der Waals surface area (Å²) in [5, 5.41) is 4.25. The monoisotopic (exact) mass is 421 g/mol. The highest BCUT2D eigenvalue weighted by molar-refractivity contribution is 5.91. The van der Waals surface area contributed by atoms with E-state index in [1.54, 1.807) is 14.0 Å². The molecule has 0 atom stereocenters. The van der Waals surface area contributed by atoms with Gasteiger partial charge in [0.1, 0.15) is 36.9 Å². The minimum absolute atomic E-state index is 0.471. The highest BCUT2D eigenvalue weighted by Gasteiger charge is 2.08. The normalized spacial score (nSPS) is 10.4. The van der Waals surface area contributed by atoms with Crippen molar-refractivity contribution in [3.63, 3.8) is 0 Å². The third-order valence-electron chi connectivity index (χ3n) is 4.30. The molecule has 0 saturated heterocycles. The van der Waals surface area contributed by atoms with Crippen molar-refractivity contribution in [3.05, 3.63) is 48.3 Å². The lowest BCUT2D eigenvalue weighted by atomic mass is 10.1. The van der Waals surface area contributed by atoms with Crippen LogP contribution in [-0.2, 0) is 9.47 Å². The molecule has 0 aliphatic carbocycles. The van der Waals surface area contributed by atoms with Gasteiger partial charge in [0.2, 0.25) is 0 Å². The fourth-order valence-corrected chi connectivity index (χ4v) is 2.94. The van der Waals surface area contributed by atoms with Crippen LogP contribution < -0.4 is 14.8 Å². The van der Waals surface area contributed by atoms with E-state index in [2.05, 4.69) is 27.1 Å². The molecule has 0 amide bonds. The second kappa shape index (κ2) is 11.7. The van der Waals surface area contributed by atoms with Gasteiger partial charge in [-0.25, -0.2) is 9.97 Å². The molecule has 0 bridgehead atoms. The van der Waals surface area contributed by atoms with Gasteiger partial charge in [-0.15, -0.1) is 5.92 Å². The number of fused-ring (bicyclic) bond motifs is 1. The predicted octanol–water partition coefficient (Wildman–Crippen LogP) is 4.19. The lowest BCUT2D eigenvalue weighted by Gasteiger charge is -2.13. The Kier molecular flexibility index (Phi) is 8.47. The molecule has 0 spiro atoms. The highest BCUT2D eigenvalue weighted by Crippen LogP contribution is 2.28. The van der Waals surface area contributed by atoms with Crippen molar-refractivity contribution >= 4 is 22.4 Å². The van der Waals surface area contributed by atoms with Crippen LogP contribution in [0.25, 0.3) is 10.9 Å². The van der Waals surface area contributed by atoms with E-state index in [0.29, 0.717) is 38.9 Å². The lowest BCUT2D eigenvalue weighted by Crippen LogP contribution is -2.06. The molecule has 0 unspecified atom stereocenters. The Morgan fingerprint density at radius 3 is 2.58 bits per heavy atom. The molecule has 0 fully saturated rings. The van der Waals surface area contributed by atoms with Gasteiger partial charge in [-0.05, 0) is 38.1 Å². The maximum absolute atomic E-state index is 5.83. The van der Waals surface area contributed by atoms with Gasteiger partial charge in [-0.2, -0.15) is 0 Å². The predicted molar refractivity (Wildman–Crippen MR) is 121 cm³/mol. The standard InChI is InChI=1S/C24H27N3O4/c1-4-6-18-13-19(15-21(14-18)31-12-10-29-5-2)27-24-22-8-7-20(30-11-9-28-3)16-23(22)25-17-26-24/h7-8,13-17H,5,9-12H2,1-3H3,(H,25,26,27). The Morgan fingerprint density at radius 2 is 1.77 bits per heavy atom. The molecule has 1 N–H and O–H groups in total. The van der Waals surface area contributed by atoms with Crippen LogP contribution in [0.15, 0.2) is 42.7 Å². The number of hydrogen-bond donors (Lipinski definition) is 1. The van der Waals surface area contributed by atoms with Gasteiger partial charge in [-0.1, -0.05) is 5.92 Å². The Bertz CT molecular complexity index is 1060. The van der Waals surface area contributed by atoms with E-state index in [4.69, 9.17) is 18.9 Å². The fourth-order valence-electron chi connectivity index (χ4n) is 2.94. The van der Waals surface area contributed by atoms with Crippen LogP contribution in [0.1, 0.15) is 19.4 Å². The number of anilines is 2. The van der Waals surface area contributed by atoms with Crippen LogP contribution in [0.2, 0.25) is 0 Å². The summed E-state index contributed by atoms with van der Waals surface area (Å²) in [6.07, 6.45) is 1.53. The maximum atomic E-state index is 5.83. The number of hydrogen-bond acceptors (Lipinski definition) is 7. The summed E-state index contributed by atoms with van der Waals surface area (Å²) < 4.78 is 21.9. The van der Waals surface area contributed by atoms with Gasteiger partial charge in [0.15, 0.2) is 0 Å². The lowest BCUT2D eigenvalue weighted by molar-refractivity contribution is 0.110. The van der Waals surface area contributed by atoms with Crippen molar-refractivity contribution in [1.29, 1.82) is 0 Å². The molecule has 0 radical (unpaired) electrons. The van der Waals surface area contributed by atoms with E-state index < -0.39 is 0 Å². The third kappa shape index (κ3) is 6.57. The summed E-state index contributed by atoms with van der Waals surface area (Å²) >= 11 is 0. The molecular formula is C24H27N3O4. The van der Waals surface area contributed by atoms with E-state index in [-0.39, 0.29) is 0 Å². The van der Waals surface area contributed by atoms with Gasteiger partial charge in [-0.3, -0.25) is 0 Å². The topological polar surface area (TPSA) is 74.7 Å². The smallest absolute Gasteiger partial charge is 0.141 e. The van der Waals surface area contributed by atoms with Gasteiger partial charge in [0.05, 0.1) is 18.7 Å². The van der Waals surface area contributed by atoms with Gasteiger partial charge in [0, 0.05) is 42.5 Å². The van der Waals surface area contributed by atoms with Gasteiger partial charge in [0.25, 0.3) is 0 Å². The number of benzene rings is 2. The molecule has 7 heteroatoms. The highest BCUT2D eigenvalue weighted by atomic mass is 16.5. The van der Waals surface area contributed by atoms with Crippen molar-refractivity contribution in [3.8, 4) is 23.3 Å². The molecule has 162 valence electrons. The summed E-state index contributed by atoms with van der Waals surface area (Å²) in [5.74, 6) is 8.16. The molecule has 1 heterocycles. The number of nitrogens with one attached hydrogen (secondary N) is 1. The molecular weight excluding hydrogens is 394 g/mol. The Morgan fingerprint density at radius 1 is 0.935 bits per heavy atom. The average Bonchev–Trinajstić information content (AvgIpc) is 2.77. The third-order valence-corrected chi connectivity index (χ3v) is 4.30. The molecule has 0 aliphatic rings. The van der Waals surface area contributed by atoms with Crippen molar-refractivity contribution < 1.29 is 18.9 Å². The van der Waals surface area contributed by atoms with Crippen LogP contribution in [0, 0.1) is 11.8 Å². The van der Waals surface area contributed by atoms with E-state index >= 15 is 0 Å². The number of aromatic nitrogens is 2. The SMILES string of the molecule is CC#Cc1cc(Nc2ncnc3cc(OCCOC)ccc23)cc(OCCOCC)c1. The van der Waals surface area contributed by atoms with Crippen molar-refractivity contribution in [2.24, 2.45) is 0 Å². The maximum Gasteiger partial charge on any atom is 0.141 e. The number of rotatable bonds is 11. The van der Waals surface area contributed by atoms with E-state index in [0.717, 1.165) is 33.7 Å². The molecule has 0 aliphatic heterocycles. The summed E-state index contributed by atoms with van der Waals surface area (Å²) in [7, 11) is 1.64. The van der Waals surface area contributed by atoms with E-state index in [1.165, 1.54) is 6.33 Å². The minimum atomic E-state index is 0.471. The number of methoxy groups -OCH3 is 1. The Hall–Kier alpha value is -3.34. The zero-order valence-corrected chi connectivity index (χ0v) is 18.1. The Balaban J connectivity index is 1.82. The summed E-state index contributed by atoms with van der Waals surface area (Å²) in [4.78, 5) is 8.79. The van der Waals surface area contributed by atoms with Crippen LogP contribution in [0.4, 0.5) is 11.5 Å². The van der Waals surface area contributed by atoms with Gasteiger partial charge < -0.3 is 24.3 Å². The fraction of sp³-hybridized carbons (Fsp3) is 0.333. The largest absolute Gasteiger partial charge is 0.491 e. The first-order valence-electron chi connectivity index (χ1n) is 10.2. The number of ether oxygens (including phenoxy) is 4. The summed E-state index contributed by atoms with van der Waals surface area (Å²) in [6.45, 7) is 6.45. The molecule has 0 saturated carbocycles. The second-order valence-electron chi connectivity index (χ2n) is 6.53. The Labute approximate surface area is 182 Å².